The van der Waals surface area contributed by atoms with Crippen LogP contribution in [0.4, 0.5) is 0 Å². The summed E-state index contributed by atoms with van der Waals surface area (Å²) in [7, 11) is 0. The molecule has 2 heterocycles. The van der Waals surface area contributed by atoms with E-state index in [0.717, 1.165) is 55.0 Å². The molecule has 0 spiro atoms. The molecule has 4 aliphatic carbocycles. The van der Waals surface area contributed by atoms with Crippen LogP contribution in [0.15, 0.2) is 17.1 Å². The van der Waals surface area contributed by atoms with Crippen molar-refractivity contribution in [3.05, 3.63) is 22.7 Å². The minimum absolute atomic E-state index is 0.00816. The van der Waals surface area contributed by atoms with E-state index in [4.69, 9.17) is 0 Å². The van der Waals surface area contributed by atoms with Crippen molar-refractivity contribution in [3.63, 3.8) is 0 Å². The van der Waals surface area contributed by atoms with Crippen molar-refractivity contribution in [1.29, 1.82) is 0 Å². The number of fused-ring (bicyclic) bond motifs is 5. The fraction of sp³-hybridized carbons (Fsp3) is 0.800. The highest BCUT2D eigenvalue weighted by Gasteiger charge is 2.58. The van der Waals surface area contributed by atoms with E-state index in [2.05, 4.69) is 27.5 Å². The third-order valence-electron chi connectivity index (χ3n) is 10.3. The van der Waals surface area contributed by atoms with Gasteiger partial charge in [-0.25, -0.2) is 4.79 Å². The van der Waals surface area contributed by atoms with Gasteiger partial charge < -0.3 is 5.11 Å². The fourth-order valence-electron chi connectivity index (χ4n) is 8.76. The summed E-state index contributed by atoms with van der Waals surface area (Å²) < 4.78 is 2.33. The van der Waals surface area contributed by atoms with E-state index in [0.29, 0.717) is 23.6 Å². The maximum Gasteiger partial charge on any atom is 0.370 e. The van der Waals surface area contributed by atoms with Crippen LogP contribution < -0.4 is 5.69 Å². The van der Waals surface area contributed by atoms with Gasteiger partial charge in [0.25, 0.3) is 0 Å². The second-order valence-electron chi connectivity index (χ2n) is 12.1. The van der Waals surface area contributed by atoms with E-state index in [-0.39, 0.29) is 23.7 Å². The van der Waals surface area contributed by atoms with E-state index in [9.17, 15) is 14.7 Å². The van der Waals surface area contributed by atoms with Gasteiger partial charge in [-0.15, -0.1) is 4.68 Å². The maximum absolute atomic E-state index is 13.5. The van der Waals surface area contributed by atoms with Crippen LogP contribution in [0, 0.1) is 40.9 Å². The lowest BCUT2D eigenvalue weighted by Gasteiger charge is -2.56. The Labute approximate surface area is 199 Å². The molecule has 9 nitrogen and oxygen atoms in total. The highest BCUT2D eigenvalue weighted by Crippen LogP contribution is 2.64. The van der Waals surface area contributed by atoms with Crippen molar-refractivity contribution in [2.75, 3.05) is 0 Å². The first-order valence-corrected chi connectivity index (χ1v) is 13.0. The monoisotopic (exact) mass is 468 g/mol. The molecule has 34 heavy (non-hydrogen) atoms. The van der Waals surface area contributed by atoms with Gasteiger partial charge in [0.1, 0.15) is 6.54 Å². The van der Waals surface area contributed by atoms with Crippen molar-refractivity contribution in [2.45, 2.75) is 83.8 Å². The van der Waals surface area contributed by atoms with Crippen LogP contribution in [-0.4, -0.2) is 46.5 Å². The minimum Gasteiger partial charge on any atom is -0.390 e. The SMILES string of the molecule is C[C@@]1(O)CC[C@H]2[C@H](CC[C@@H]3[C@@H]2CC[C@]2(C)[C@@H](C(=O)Cn4nnn(-c5ccn[nH]5)c4=O)CC[C@@H]32)C1. The number of Topliss-reactive ketones (excluding diaryl/α,β-unsaturated/α-hetero) is 1. The number of nitrogens with one attached hydrogen (secondary N) is 1. The summed E-state index contributed by atoms with van der Waals surface area (Å²) in [6, 6.07) is 1.64. The second kappa shape index (κ2) is 7.86. The number of aromatic nitrogens is 6. The molecule has 0 unspecified atom stereocenters. The summed E-state index contributed by atoms with van der Waals surface area (Å²) in [4.78, 5) is 26.2. The van der Waals surface area contributed by atoms with Crippen LogP contribution in [0.1, 0.15) is 71.6 Å². The first-order chi connectivity index (χ1) is 16.3. The zero-order valence-corrected chi connectivity index (χ0v) is 20.2. The molecule has 2 aromatic rings. The lowest BCUT2D eigenvalue weighted by molar-refractivity contribution is -0.133. The normalized spacial score (nSPS) is 41.5. The summed E-state index contributed by atoms with van der Waals surface area (Å²) in [5.41, 5.74) is -0.902. The maximum atomic E-state index is 13.5. The average molecular weight is 469 g/mol. The molecule has 0 saturated heterocycles. The van der Waals surface area contributed by atoms with Gasteiger partial charge in [-0.1, -0.05) is 6.92 Å². The summed E-state index contributed by atoms with van der Waals surface area (Å²) >= 11 is 0. The Hall–Kier alpha value is -2.29. The molecular formula is C25H36N6O3. The van der Waals surface area contributed by atoms with Gasteiger partial charge in [-0.3, -0.25) is 9.89 Å². The van der Waals surface area contributed by atoms with Crippen molar-refractivity contribution in [3.8, 4) is 5.82 Å². The highest BCUT2D eigenvalue weighted by atomic mass is 16.3. The Morgan fingerprint density at radius 1 is 1.09 bits per heavy atom. The smallest absolute Gasteiger partial charge is 0.370 e. The van der Waals surface area contributed by atoms with Gasteiger partial charge in [0.2, 0.25) is 0 Å². The van der Waals surface area contributed by atoms with E-state index < -0.39 is 11.3 Å². The lowest BCUT2D eigenvalue weighted by Crippen LogP contribution is -2.51. The number of H-pyrrole nitrogens is 1. The molecule has 4 fully saturated rings. The van der Waals surface area contributed by atoms with E-state index in [1.54, 1.807) is 12.3 Å². The Bertz CT molecular complexity index is 1120. The molecule has 0 radical (unpaired) electrons. The molecule has 6 rings (SSSR count). The van der Waals surface area contributed by atoms with Crippen LogP contribution in [0.3, 0.4) is 0 Å². The molecule has 2 aromatic heterocycles. The first kappa shape index (κ1) is 22.2. The molecule has 9 heteroatoms. The van der Waals surface area contributed by atoms with Crippen LogP contribution in [0.5, 0.6) is 0 Å². The predicted octanol–water partition coefficient (Wildman–Crippen LogP) is 2.74. The number of hydrogen-bond acceptors (Lipinski definition) is 6. The number of nitrogens with zero attached hydrogens (tertiary/aromatic N) is 5. The summed E-state index contributed by atoms with van der Waals surface area (Å²) in [5, 5.41) is 25.0. The molecule has 0 aliphatic heterocycles. The van der Waals surface area contributed by atoms with Crippen LogP contribution >= 0.6 is 0 Å². The van der Waals surface area contributed by atoms with Crippen molar-refractivity contribution in [2.24, 2.45) is 40.9 Å². The van der Waals surface area contributed by atoms with E-state index in [1.165, 1.54) is 23.9 Å². The average Bonchev–Trinajstić information content (AvgIpc) is 3.52. The van der Waals surface area contributed by atoms with Gasteiger partial charge >= 0.3 is 5.69 Å². The number of carbonyl (C=O) groups excluding carboxylic acids is 1. The standard InChI is InChI=1S/C25H36N6O3/c1-24(34)10-7-16-15(13-24)3-4-18-17(16)8-11-25(2)19(18)5-6-20(25)21(32)14-30-23(33)31(29-28-30)22-9-12-26-27-22/h9,12,15-20,34H,3-8,10-11,13-14H2,1-2H3,(H,26,27)/t15-,16+,17-,18-,19+,20-,24-,25+/m1/s1. The number of hydrogen-bond donors (Lipinski definition) is 2. The molecule has 4 aliphatic rings. The van der Waals surface area contributed by atoms with Crippen LogP contribution in [0.25, 0.3) is 5.82 Å². The quantitative estimate of drug-likeness (QED) is 0.712. The Balaban J connectivity index is 1.18. The van der Waals surface area contributed by atoms with Crippen molar-refractivity contribution >= 4 is 5.78 Å². The Kier molecular flexibility index (Phi) is 5.13. The first-order valence-electron chi connectivity index (χ1n) is 13.0. The number of tetrazole rings is 1. The van der Waals surface area contributed by atoms with Crippen LogP contribution in [-0.2, 0) is 11.3 Å². The molecule has 0 bridgehead atoms. The number of aromatic amines is 1. The Morgan fingerprint density at radius 2 is 1.91 bits per heavy atom. The number of aliphatic hydroxyl groups is 1. The highest BCUT2D eigenvalue weighted by molar-refractivity contribution is 5.82. The molecule has 2 N–H and O–H groups in total. The molecule has 0 aromatic carbocycles. The summed E-state index contributed by atoms with van der Waals surface area (Å²) in [6.45, 7) is 4.33. The van der Waals surface area contributed by atoms with Crippen molar-refractivity contribution in [1.82, 2.24) is 30.0 Å². The van der Waals surface area contributed by atoms with Crippen molar-refractivity contribution < 1.29 is 9.90 Å². The van der Waals surface area contributed by atoms with Gasteiger partial charge in [0.15, 0.2) is 11.6 Å². The van der Waals surface area contributed by atoms with E-state index in [1.807, 2.05) is 6.92 Å². The van der Waals surface area contributed by atoms with Gasteiger partial charge in [-0.2, -0.15) is 9.78 Å². The number of carbonyl (C=O) groups is 1. The van der Waals surface area contributed by atoms with Gasteiger partial charge in [0.05, 0.1) is 11.8 Å². The topological polar surface area (TPSA) is 119 Å². The molecule has 4 saturated carbocycles. The molecule has 184 valence electrons. The zero-order chi connectivity index (χ0) is 23.7. The molecule has 0 amide bonds. The second-order valence-corrected chi connectivity index (χ2v) is 12.1. The molecule has 8 atom stereocenters. The number of ketones is 1. The third kappa shape index (κ3) is 3.41. The largest absolute Gasteiger partial charge is 0.390 e. The summed E-state index contributed by atoms with van der Waals surface area (Å²) in [6.07, 6.45) is 11.3. The third-order valence-corrected chi connectivity index (χ3v) is 10.3. The predicted molar refractivity (Wildman–Crippen MR) is 124 cm³/mol. The molecular weight excluding hydrogens is 432 g/mol. The van der Waals surface area contributed by atoms with Crippen LogP contribution in [0.2, 0.25) is 0 Å². The summed E-state index contributed by atoms with van der Waals surface area (Å²) in [5.74, 6) is 3.98. The minimum atomic E-state index is -0.487. The van der Waals surface area contributed by atoms with E-state index >= 15 is 0 Å². The van der Waals surface area contributed by atoms with Gasteiger partial charge in [-0.05, 0) is 110 Å². The zero-order valence-electron chi connectivity index (χ0n) is 20.2. The number of rotatable bonds is 4. The van der Waals surface area contributed by atoms with Gasteiger partial charge in [0, 0.05) is 12.0 Å². The Morgan fingerprint density at radius 3 is 2.71 bits per heavy atom. The fourth-order valence-corrected chi connectivity index (χ4v) is 8.76. The lowest BCUT2D eigenvalue weighted by atomic mass is 9.49.